The second-order valence-corrected chi connectivity index (χ2v) is 18.9. The lowest BCUT2D eigenvalue weighted by Gasteiger charge is -2.26. The maximum atomic E-state index is 11.9. The summed E-state index contributed by atoms with van der Waals surface area (Å²) in [5.41, 5.74) is 11.7. The number of hydrogen-bond donors (Lipinski definition) is 0. The number of para-hydroxylation sites is 2. The summed E-state index contributed by atoms with van der Waals surface area (Å²) >= 11 is 3.59. The molecule has 0 unspecified atom stereocenters. The fraction of sp³-hybridized carbons (Fsp3) is 0.0345. The molecule has 0 saturated carbocycles. The van der Waals surface area contributed by atoms with Crippen LogP contribution in [-0.4, -0.2) is 9.13 Å². The van der Waals surface area contributed by atoms with Gasteiger partial charge in [0.2, 0.25) is 0 Å². The van der Waals surface area contributed by atoms with Crippen LogP contribution in [-0.2, 0) is 0 Å². The van der Waals surface area contributed by atoms with Crippen molar-refractivity contribution < 1.29 is 0 Å². The maximum Gasteiger partial charge on any atom is 0.102 e. The van der Waals surface area contributed by atoms with Gasteiger partial charge in [0, 0.05) is 73.0 Å². The minimum atomic E-state index is 0.458. The van der Waals surface area contributed by atoms with Crippen molar-refractivity contribution in [2.75, 3.05) is 0 Å². The zero-order valence-electron chi connectivity index (χ0n) is 34.8. The topological polar surface area (TPSA) is 57.4 Å². The van der Waals surface area contributed by atoms with Gasteiger partial charge in [0.15, 0.2) is 0 Å². The van der Waals surface area contributed by atoms with E-state index in [1.807, 2.05) is 12.1 Å². The number of aromatic nitrogens is 2. The highest BCUT2D eigenvalue weighted by Gasteiger charge is 2.33. The Morgan fingerprint density at radius 1 is 0.359 bits per heavy atom. The number of aryl methyl sites for hydroxylation is 2. The smallest absolute Gasteiger partial charge is 0.102 e. The summed E-state index contributed by atoms with van der Waals surface area (Å²) < 4.78 is 9.49. The van der Waals surface area contributed by atoms with Crippen LogP contribution < -0.4 is 0 Å². The highest BCUT2D eigenvalue weighted by atomic mass is 32.1. The Morgan fingerprint density at radius 2 is 0.750 bits per heavy atom. The van der Waals surface area contributed by atoms with E-state index >= 15 is 0 Å². The van der Waals surface area contributed by atoms with Crippen molar-refractivity contribution in [1.29, 1.82) is 10.5 Å². The van der Waals surface area contributed by atoms with Crippen molar-refractivity contribution in [1.82, 2.24) is 9.13 Å². The number of hydrogen-bond acceptors (Lipinski definition) is 4. The molecule has 0 spiro atoms. The lowest BCUT2D eigenvalue weighted by molar-refractivity contribution is 1.12. The number of nitriles is 2. The van der Waals surface area contributed by atoms with Crippen LogP contribution in [0.15, 0.2) is 170 Å². The van der Waals surface area contributed by atoms with Crippen LogP contribution in [0.2, 0.25) is 0 Å². The molecule has 4 nitrogen and oxygen atoms in total. The number of fused-ring (bicyclic) bond motifs is 12. The fourth-order valence-corrected chi connectivity index (χ4v) is 12.7. The van der Waals surface area contributed by atoms with E-state index in [0.29, 0.717) is 16.7 Å². The predicted octanol–water partition coefficient (Wildman–Crippen LogP) is 16.3. The fourth-order valence-electron chi connectivity index (χ4n) is 10.5. The molecule has 0 atom stereocenters. The van der Waals surface area contributed by atoms with Gasteiger partial charge >= 0.3 is 0 Å². The first-order valence-corrected chi connectivity index (χ1v) is 23.0. The molecular formula is C58H34N4S2. The van der Waals surface area contributed by atoms with E-state index in [1.54, 1.807) is 22.7 Å². The van der Waals surface area contributed by atoms with Crippen LogP contribution in [0.1, 0.15) is 22.3 Å². The molecule has 0 amide bonds. The van der Waals surface area contributed by atoms with E-state index in [-0.39, 0.29) is 0 Å². The van der Waals surface area contributed by atoms with E-state index in [4.69, 9.17) is 0 Å². The zero-order chi connectivity index (χ0) is 42.8. The monoisotopic (exact) mass is 850 g/mol. The van der Waals surface area contributed by atoms with Crippen LogP contribution in [0.25, 0.3) is 118 Å². The minimum absolute atomic E-state index is 0.458. The maximum absolute atomic E-state index is 11.9. The highest BCUT2D eigenvalue weighted by Crippen LogP contribution is 2.51. The molecule has 0 saturated heterocycles. The molecule has 0 bridgehead atoms. The number of rotatable bonds is 4. The summed E-state index contributed by atoms with van der Waals surface area (Å²) in [6.45, 7) is 4.21. The Morgan fingerprint density at radius 3 is 1.20 bits per heavy atom. The molecule has 0 aliphatic heterocycles. The van der Waals surface area contributed by atoms with Gasteiger partial charge in [0.25, 0.3) is 0 Å². The minimum Gasteiger partial charge on any atom is -0.307 e. The van der Waals surface area contributed by atoms with Gasteiger partial charge in [-0.3, -0.25) is 0 Å². The first-order valence-electron chi connectivity index (χ1n) is 21.4. The summed E-state index contributed by atoms with van der Waals surface area (Å²) in [5.74, 6) is 0. The van der Waals surface area contributed by atoms with Gasteiger partial charge in [0.05, 0.1) is 44.6 Å². The molecule has 4 heterocycles. The third-order valence-corrected chi connectivity index (χ3v) is 15.6. The average molecular weight is 851 g/mol. The van der Waals surface area contributed by atoms with Crippen molar-refractivity contribution in [2.45, 2.75) is 13.8 Å². The van der Waals surface area contributed by atoms with Crippen molar-refractivity contribution in [3.05, 3.63) is 192 Å². The molecule has 9 aromatic carbocycles. The summed E-state index contributed by atoms with van der Waals surface area (Å²) in [6.07, 6.45) is 0. The Hall–Kier alpha value is -8.00. The summed E-state index contributed by atoms with van der Waals surface area (Å²) in [4.78, 5) is 0. The molecule has 0 N–H and O–H groups in total. The number of thiophene rings is 2. The van der Waals surface area contributed by atoms with E-state index in [9.17, 15) is 10.5 Å². The van der Waals surface area contributed by atoms with Crippen molar-refractivity contribution in [3.63, 3.8) is 0 Å². The Bertz CT molecular complexity index is 4030. The highest BCUT2D eigenvalue weighted by molar-refractivity contribution is 7.26. The molecule has 64 heavy (non-hydrogen) atoms. The predicted molar refractivity (Wildman–Crippen MR) is 271 cm³/mol. The van der Waals surface area contributed by atoms with Crippen molar-refractivity contribution in [2.24, 2.45) is 0 Å². The van der Waals surface area contributed by atoms with Crippen molar-refractivity contribution in [3.8, 4) is 45.8 Å². The number of benzene rings is 9. The molecular weight excluding hydrogens is 817 g/mol. The first kappa shape index (κ1) is 36.6. The van der Waals surface area contributed by atoms with Crippen LogP contribution >= 0.6 is 22.7 Å². The molecule has 13 aromatic rings. The molecule has 0 fully saturated rings. The van der Waals surface area contributed by atoms with E-state index < -0.39 is 0 Å². The second kappa shape index (κ2) is 13.8. The van der Waals surface area contributed by atoms with Crippen LogP contribution in [0.5, 0.6) is 0 Å². The van der Waals surface area contributed by atoms with E-state index in [2.05, 4.69) is 193 Å². The van der Waals surface area contributed by atoms with Gasteiger partial charge in [-0.05, 0) is 84.6 Å². The SMILES string of the molecule is Cc1ccccc1-c1c(C#N)c(-n2c3ccccc3c3cc4c(cc32)sc2ccccc24)c(-c2ccccc2C)c(-n2c3ccccc3c3cc4c(cc32)sc2ccccc24)c1C#N. The molecule has 13 rings (SSSR count). The second-order valence-electron chi connectivity index (χ2n) is 16.7. The molecule has 298 valence electrons. The van der Waals surface area contributed by atoms with E-state index in [0.717, 1.165) is 82.8 Å². The van der Waals surface area contributed by atoms with Gasteiger partial charge in [0.1, 0.15) is 12.1 Å². The summed E-state index contributed by atoms with van der Waals surface area (Å²) in [7, 11) is 0. The molecule has 4 aromatic heterocycles. The van der Waals surface area contributed by atoms with Gasteiger partial charge in [-0.2, -0.15) is 10.5 Å². The largest absolute Gasteiger partial charge is 0.307 e. The van der Waals surface area contributed by atoms with Gasteiger partial charge in [-0.25, -0.2) is 0 Å². The molecule has 0 radical (unpaired) electrons. The molecule has 6 heteroatoms. The number of nitrogens with zero attached hydrogens (tertiary/aromatic N) is 4. The van der Waals surface area contributed by atoms with Crippen molar-refractivity contribution >= 4 is 107 Å². The molecule has 0 aliphatic rings. The van der Waals surface area contributed by atoms with Crippen LogP contribution in [0.4, 0.5) is 0 Å². The zero-order valence-corrected chi connectivity index (χ0v) is 36.4. The Balaban J connectivity index is 1.31. The first-order chi connectivity index (χ1) is 31.5. The van der Waals surface area contributed by atoms with Crippen LogP contribution in [0, 0.1) is 36.5 Å². The van der Waals surface area contributed by atoms with Gasteiger partial charge < -0.3 is 9.13 Å². The third-order valence-electron chi connectivity index (χ3n) is 13.3. The normalized spacial score (nSPS) is 11.9. The quantitative estimate of drug-likeness (QED) is 0.177. The summed E-state index contributed by atoms with van der Waals surface area (Å²) in [6, 6.07) is 65.9. The molecule has 0 aliphatic carbocycles. The Kier molecular flexibility index (Phi) is 7.87. The standard InChI is InChI=1S/C58H34N4S2/c1-33-15-3-5-17-35(33)55-45(31-59)57(61-47-23-11-7-19-37(47)41-27-43-39-21-9-13-25-51(39)63-53(43)29-49(41)61)56(36-18-6-4-16-34(36)2)58(46(55)32-60)62-48-24-12-8-20-38(48)42-28-44-40-22-10-14-26-52(40)64-54(44)30-50(42)62/h3-30H,1-2H3. The lowest BCUT2D eigenvalue weighted by atomic mass is 9.84. The van der Waals surface area contributed by atoms with Crippen LogP contribution in [0.3, 0.4) is 0 Å². The third kappa shape index (κ3) is 5.01. The van der Waals surface area contributed by atoms with E-state index in [1.165, 1.54) is 40.3 Å². The average Bonchev–Trinajstić information content (AvgIpc) is 4.07. The van der Waals surface area contributed by atoms with Gasteiger partial charge in [-0.1, -0.05) is 121 Å². The van der Waals surface area contributed by atoms with Gasteiger partial charge in [-0.15, -0.1) is 22.7 Å². The summed E-state index contributed by atoms with van der Waals surface area (Å²) in [5, 5.41) is 33.1. The Labute approximate surface area is 375 Å². The lowest BCUT2D eigenvalue weighted by Crippen LogP contribution is -2.11.